The van der Waals surface area contributed by atoms with Crippen LogP contribution in [0.15, 0.2) is 30.9 Å². The van der Waals surface area contributed by atoms with Gasteiger partial charge in [0.1, 0.15) is 0 Å². The summed E-state index contributed by atoms with van der Waals surface area (Å²) in [6, 6.07) is 5.62. The van der Waals surface area contributed by atoms with E-state index >= 15 is 0 Å². The molecule has 1 nitrogen and oxygen atoms in total. The summed E-state index contributed by atoms with van der Waals surface area (Å²) < 4.78 is 0. The van der Waals surface area contributed by atoms with Crippen LogP contribution < -0.4 is 5.32 Å². The van der Waals surface area contributed by atoms with Crippen molar-refractivity contribution >= 4 is 23.2 Å². The molecule has 15 heavy (non-hydrogen) atoms. The van der Waals surface area contributed by atoms with Crippen LogP contribution >= 0.6 is 23.2 Å². The Labute approximate surface area is 101 Å². The molecule has 0 amide bonds. The minimum Gasteiger partial charge on any atom is -0.316 e. The van der Waals surface area contributed by atoms with Crippen LogP contribution in [0.25, 0.3) is 0 Å². The van der Waals surface area contributed by atoms with Gasteiger partial charge >= 0.3 is 0 Å². The standard InChI is InChI=1S/C12H15Cl2N/c1-2-3-7-15-8-6-10-4-5-11(13)9-12(10)14/h2,4-5,9,15H,1,3,6-8H2. The molecule has 0 unspecified atom stereocenters. The molecule has 0 spiro atoms. The summed E-state index contributed by atoms with van der Waals surface area (Å²) in [7, 11) is 0. The SMILES string of the molecule is C=CCCNCCc1ccc(Cl)cc1Cl. The fourth-order valence-electron chi connectivity index (χ4n) is 1.28. The van der Waals surface area contributed by atoms with E-state index in [2.05, 4.69) is 11.9 Å². The summed E-state index contributed by atoms with van der Waals surface area (Å²) >= 11 is 11.8. The highest BCUT2D eigenvalue weighted by Gasteiger charge is 2.00. The Morgan fingerprint density at radius 1 is 1.27 bits per heavy atom. The van der Waals surface area contributed by atoms with Crippen molar-refractivity contribution in [1.29, 1.82) is 0 Å². The maximum absolute atomic E-state index is 6.04. The first-order valence-electron chi connectivity index (χ1n) is 4.99. The average molecular weight is 244 g/mol. The topological polar surface area (TPSA) is 12.0 Å². The lowest BCUT2D eigenvalue weighted by Crippen LogP contribution is -2.18. The van der Waals surface area contributed by atoms with Crippen LogP contribution in [-0.4, -0.2) is 13.1 Å². The summed E-state index contributed by atoms with van der Waals surface area (Å²) in [5.74, 6) is 0. The van der Waals surface area contributed by atoms with Crippen LogP contribution in [0.5, 0.6) is 0 Å². The number of halogens is 2. The third kappa shape index (κ3) is 4.70. The highest BCUT2D eigenvalue weighted by molar-refractivity contribution is 6.35. The van der Waals surface area contributed by atoms with E-state index in [1.165, 1.54) is 0 Å². The van der Waals surface area contributed by atoms with Crippen molar-refractivity contribution in [2.75, 3.05) is 13.1 Å². The fourth-order valence-corrected chi connectivity index (χ4v) is 1.78. The van der Waals surface area contributed by atoms with Crippen LogP contribution in [0.3, 0.4) is 0 Å². The molecule has 0 radical (unpaired) electrons. The zero-order valence-electron chi connectivity index (χ0n) is 8.60. The summed E-state index contributed by atoms with van der Waals surface area (Å²) in [6.45, 7) is 5.56. The second-order valence-electron chi connectivity index (χ2n) is 3.31. The molecule has 0 aromatic heterocycles. The lowest BCUT2D eigenvalue weighted by molar-refractivity contribution is 0.689. The van der Waals surface area contributed by atoms with Gasteiger partial charge in [-0.2, -0.15) is 0 Å². The van der Waals surface area contributed by atoms with Gasteiger partial charge in [-0.3, -0.25) is 0 Å². The lowest BCUT2D eigenvalue weighted by Gasteiger charge is -2.05. The van der Waals surface area contributed by atoms with Crippen LogP contribution in [0, 0.1) is 0 Å². The van der Waals surface area contributed by atoms with E-state index in [4.69, 9.17) is 23.2 Å². The van der Waals surface area contributed by atoms with Crippen molar-refractivity contribution in [3.8, 4) is 0 Å². The Morgan fingerprint density at radius 2 is 2.07 bits per heavy atom. The van der Waals surface area contributed by atoms with Crippen LogP contribution in [0.4, 0.5) is 0 Å². The molecule has 0 atom stereocenters. The molecule has 0 aliphatic heterocycles. The van der Waals surface area contributed by atoms with Crippen molar-refractivity contribution < 1.29 is 0 Å². The Bertz CT molecular complexity index is 323. The molecule has 0 saturated heterocycles. The molecule has 1 N–H and O–H groups in total. The molecule has 0 fully saturated rings. The first-order valence-corrected chi connectivity index (χ1v) is 5.75. The summed E-state index contributed by atoms with van der Waals surface area (Å²) in [5.41, 5.74) is 1.13. The maximum atomic E-state index is 6.04. The van der Waals surface area contributed by atoms with Gasteiger partial charge < -0.3 is 5.32 Å². The highest BCUT2D eigenvalue weighted by Crippen LogP contribution is 2.20. The molecule has 1 rings (SSSR count). The first-order chi connectivity index (χ1) is 7.24. The van der Waals surface area contributed by atoms with Gasteiger partial charge in [-0.25, -0.2) is 0 Å². The smallest absolute Gasteiger partial charge is 0.0453 e. The predicted octanol–water partition coefficient (Wildman–Crippen LogP) is 3.70. The van der Waals surface area contributed by atoms with E-state index < -0.39 is 0 Å². The second-order valence-corrected chi connectivity index (χ2v) is 4.16. The number of hydrogen-bond donors (Lipinski definition) is 1. The monoisotopic (exact) mass is 243 g/mol. The van der Waals surface area contributed by atoms with Crippen LogP contribution in [0.1, 0.15) is 12.0 Å². The van der Waals surface area contributed by atoms with E-state index in [-0.39, 0.29) is 0 Å². The molecule has 82 valence electrons. The lowest BCUT2D eigenvalue weighted by atomic mass is 10.1. The minimum atomic E-state index is 0.684. The first kappa shape index (κ1) is 12.6. The third-order valence-electron chi connectivity index (χ3n) is 2.11. The Balaban J connectivity index is 2.34. The van der Waals surface area contributed by atoms with E-state index in [0.29, 0.717) is 5.02 Å². The van der Waals surface area contributed by atoms with E-state index in [1.807, 2.05) is 18.2 Å². The molecule has 0 saturated carbocycles. The zero-order chi connectivity index (χ0) is 11.1. The molecular formula is C12H15Cl2N. The van der Waals surface area contributed by atoms with Crippen molar-refractivity contribution in [3.63, 3.8) is 0 Å². The largest absolute Gasteiger partial charge is 0.316 e. The normalized spacial score (nSPS) is 10.3. The molecule has 1 aromatic carbocycles. The van der Waals surface area contributed by atoms with Gasteiger partial charge in [0.05, 0.1) is 0 Å². The molecule has 1 aromatic rings. The quantitative estimate of drug-likeness (QED) is 0.594. The van der Waals surface area contributed by atoms with Gasteiger partial charge in [-0.1, -0.05) is 35.3 Å². The van der Waals surface area contributed by atoms with Crippen molar-refractivity contribution in [2.24, 2.45) is 0 Å². The summed E-state index contributed by atoms with van der Waals surface area (Å²) in [5, 5.41) is 4.74. The summed E-state index contributed by atoms with van der Waals surface area (Å²) in [4.78, 5) is 0. The van der Waals surface area contributed by atoms with Gasteiger partial charge in [-0.05, 0) is 43.6 Å². The third-order valence-corrected chi connectivity index (χ3v) is 2.70. The van der Waals surface area contributed by atoms with Gasteiger partial charge in [0, 0.05) is 10.0 Å². The van der Waals surface area contributed by atoms with Crippen molar-refractivity contribution in [2.45, 2.75) is 12.8 Å². The highest BCUT2D eigenvalue weighted by atomic mass is 35.5. The number of hydrogen-bond acceptors (Lipinski definition) is 1. The average Bonchev–Trinajstić information content (AvgIpc) is 2.20. The van der Waals surface area contributed by atoms with Gasteiger partial charge in [0.25, 0.3) is 0 Å². The number of benzene rings is 1. The Kier molecular flexibility index (Phi) is 5.77. The molecule has 0 aliphatic carbocycles. The van der Waals surface area contributed by atoms with E-state index in [0.717, 1.165) is 36.5 Å². The maximum Gasteiger partial charge on any atom is 0.0453 e. The molecule has 3 heteroatoms. The zero-order valence-corrected chi connectivity index (χ0v) is 10.1. The van der Waals surface area contributed by atoms with Gasteiger partial charge in [0.2, 0.25) is 0 Å². The van der Waals surface area contributed by atoms with Crippen molar-refractivity contribution in [3.05, 3.63) is 46.5 Å². The second kappa shape index (κ2) is 6.89. The number of rotatable bonds is 6. The predicted molar refractivity (Wildman–Crippen MR) is 67.8 cm³/mol. The molecule has 0 heterocycles. The number of nitrogens with one attached hydrogen (secondary N) is 1. The molecule has 0 aliphatic rings. The fraction of sp³-hybridized carbons (Fsp3) is 0.333. The Morgan fingerprint density at radius 3 is 2.73 bits per heavy atom. The molecule has 0 bridgehead atoms. The van der Waals surface area contributed by atoms with Crippen molar-refractivity contribution in [1.82, 2.24) is 5.32 Å². The van der Waals surface area contributed by atoms with E-state index in [1.54, 1.807) is 6.07 Å². The minimum absolute atomic E-state index is 0.684. The van der Waals surface area contributed by atoms with Crippen LogP contribution in [0.2, 0.25) is 10.0 Å². The van der Waals surface area contributed by atoms with Gasteiger partial charge in [-0.15, -0.1) is 6.58 Å². The van der Waals surface area contributed by atoms with Crippen LogP contribution in [-0.2, 0) is 6.42 Å². The Hall–Kier alpha value is -0.500. The van der Waals surface area contributed by atoms with E-state index in [9.17, 15) is 0 Å². The summed E-state index contributed by atoms with van der Waals surface area (Å²) in [6.07, 6.45) is 3.82. The van der Waals surface area contributed by atoms with Gasteiger partial charge in [0.15, 0.2) is 0 Å². The molecular weight excluding hydrogens is 229 g/mol.